The molecule has 2 fully saturated rings. The predicted octanol–water partition coefficient (Wildman–Crippen LogP) is 0.382. The highest BCUT2D eigenvalue weighted by Gasteiger charge is 2.38. The van der Waals surface area contributed by atoms with Gasteiger partial charge in [-0.05, 0) is 31.9 Å². The van der Waals surface area contributed by atoms with Crippen LogP contribution in [0.2, 0.25) is 0 Å². The molecule has 0 aliphatic carbocycles. The number of carbonyl (C=O) groups excluding carboxylic acids is 2. The number of hydrogen-bond donors (Lipinski definition) is 1. The molecule has 3 rings (SSSR count). The van der Waals surface area contributed by atoms with Gasteiger partial charge < -0.3 is 14.6 Å². The Hall–Kier alpha value is -1.83. The molecule has 1 aromatic rings. The molecule has 23 heavy (non-hydrogen) atoms. The lowest BCUT2D eigenvalue weighted by Crippen LogP contribution is -2.48. The summed E-state index contributed by atoms with van der Waals surface area (Å²) in [6.07, 6.45) is 1.21. The van der Waals surface area contributed by atoms with Crippen molar-refractivity contribution >= 4 is 21.7 Å². The second-order valence-corrected chi connectivity index (χ2v) is 8.43. The largest absolute Gasteiger partial charge is 0.464 e. The zero-order valence-electron chi connectivity index (χ0n) is 12.9. The highest BCUT2D eigenvalue weighted by Crippen LogP contribution is 2.23. The van der Waals surface area contributed by atoms with Crippen LogP contribution in [0.15, 0.2) is 16.5 Å². The maximum atomic E-state index is 12.4. The Kier molecular flexibility index (Phi) is 4.18. The molecule has 2 aliphatic heterocycles. The molecule has 126 valence electrons. The van der Waals surface area contributed by atoms with Gasteiger partial charge in [-0.2, -0.15) is 0 Å². The van der Waals surface area contributed by atoms with Crippen molar-refractivity contribution in [2.75, 3.05) is 11.5 Å². The summed E-state index contributed by atoms with van der Waals surface area (Å²) >= 11 is 0. The molecule has 3 heterocycles. The lowest BCUT2D eigenvalue weighted by atomic mass is 10.1. The molecule has 2 amide bonds. The maximum Gasteiger partial charge on any atom is 0.243 e. The van der Waals surface area contributed by atoms with Gasteiger partial charge in [-0.15, -0.1) is 0 Å². The number of nitrogens with one attached hydrogen (secondary N) is 1. The average Bonchev–Trinajstić information content (AvgIpc) is 3.12. The van der Waals surface area contributed by atoms with Gasteiger partial charge in [-0.1, -0.05) is 0 Å². The SMILES string of the molecule is Cc1ccc(CN2C(=O)CCC2C(=O)NC2CCS(=O)(=O)C2)o1. The van der Waals surface area contributed by atoms with Crippen LogP contribution in [-0.4, -0.2) is 48.7 Å². The molecular weight excluding hydrogens is 320 g/mol. The fourth-order valence-electron chi connectivity index (χ4n) is 3.15. The van der Waals surface area contributed by atoms with Crippen LogP contribution >= 0.6 is 0 Å². The van der Waals surface area contributed by atoms with E-state index in [4.69, 9.17) is 4.42 Å². The Morgan fingerprint density at radius 1 is 1.39 bits per heavy atom. The fourth-order valence-corrected chi connectivity index (χ4v) is 4.82. The first-order valence-electron chi connectivity index (χ1n) is 7.70. The summed E-state index contributed by atoms with van der Waals surface area (Å²) in [7, 11) is -3.04. The van der Waals surface area contributed by atoms with Crippen molar-refractivity contribution < 1.29 is 22.4 Å². The number of carbonyl (C=O) groups is 2. The van der Waals surface area contributed by atoms with Crippen LogP contribution in [0.25, 0.3) is 0 Å². The molecular formula is C15H20N2O5S. The van der Waals surface area contributed by atoms with E-state index in [2.05, 4.69) is 5.32 Å². The monoisotopic (exact) mass is 340 g/mol. The summed E-state index contributed by atoms with van der Waals surface area (Å²) in [6, 6.07) is 2.69. The minimum Gasteiger partial charge on any atom is -0.464 e. The summed E-state index contributed by atoms with van der Waals surface area (Å²) in [5.41, 5.74) is 0. The van der Waals surface area contributed by atoms with Crippen LogP contribution in [0.5, 0.6) is 0 Å². The number of aryl methyl sites for hydroxylation is 1. The quantitative estimate of drug-likeness (QED) is 0.855. The fraction of sp³-hybridized carbons (Fsp3) is 0.600. The number of nitrogens with zero attached hydrogens (tertiary/aromatic N) is 1. The molecule has 0 aromatic carbocycles. The van der Waals surface area contributed by atoms with Gasteiger partial charge in [0.2, 0.25) is 11.8 Å². The maximum absolute atomic E-state index is 12.4. The van der Waals surface area contributed by atoms with Gasteiger partial charge in [-0.3, -0.25) is 9.59 Å². The third kappa shape index (κ3) is 3.57. The van der Waals surface area contributed by atoms with E-state index in [1.165, 1.54) is 4.90 Å². The zero-order valence-corrected chi connectivity index (χ0v) is 13.8. The van der Waals surface area contributed by atoms with Crippen LogP contribution in [-0.2, 0) is 26.0 Å². The van der Waals surface area contributed by atoms with E-state index in [0.29, 0.717) is 25.0 Å². The number of hydrogen-bond acceptors (Lipinski definition) is 5. The smallest absolute Gasteiger partial charge is 0.243 e. The van der Waals surface area contributed by atoms with Crippen molar-refractivity contribution in [3.05, 3.63) is 23.7 Å². The minimum atomic E-state index is -3.04. The van der Waals surface area contributed by atoms with E-state index in [1.54, 1.807) is 6.07 Å². The summed E-state index contributed by atoms with van der Waals surface area (Å²) < 4.78 is 28.4. The number of sulfone groups is 1. The van der Waals surface area contributed by atoms with Gasteiger partial charge in [0.05, 0.1) is 18.1 Å². The van der Waals surface area contributed by atoms with Crippen LogP contribution in [0, 0.1) is 6.92 Å². The summed E-state index contributed by atoms with van der Waals surface area (Å²) in [5, 5.41) is 2.78. The lowest BCUT2D eigenvalue weighted by Gasteiger charge is -2.24. The van der Waals surface area contributed by atoms with Gasteiger partial charge in [0.1, 0.15) is 17.6 Å². The third-order valence-electron chi connectivity index (χ3n) is 4.33. The molecule has 1 aromatic heterocycles. The van der Waals surface area contributed by atoms with Crippen molar-refractivity contribution in [2.45, 2.75) is 44.8 Å². The summed E-state index contributed by atoms with van der Waals surface area (Å²) in [4.78, 5) is 26.0. The Morgan fingerprint density at radius 2 is 2.17 bits per heavy atom. The Balaban J connectivity index is 1.65. The highest BCUT2D eigenvalue weighted by atomic mass is 32.2. The second-order valence-electron chi connectivity index (χ2n) is 6.20. The molecule has 0 spiro atoms. The molecule has 8 heteroatoms. The number of rotatable bonds is 4. The van der Waals surface area contributed by atoms with E-state index >= 15 is 0 Å². The van der Waals surface area contributed by atoms with Crippen molar-refractivity contribution in [3.63, 3.8) is 0 Å². The number of amides is 2. The normalized spacial score (nSPS) is 26.7. The Bertz CT molecular complexity index is 724. The average molecular weight is 340 g/mol. The first-order chi connectivity index (χ1) is 10.8. The third-order valence-corrected chi connectivity index (χ3v) is 6.10. The molecule has 1 N–H and O–H groups in total. The minimum absolute atomic E-state index is 0.0171. The zero-order chi connectivity index (χ0) is 16.6. The molecule has 2 saturated heterocycles. The first-order valence-corrected chi connectivity index (χ1v) is 9.52. The molecule has 0 saturated carbocycles. The van der Waals surface area contributed by atoms with Gasteiger partial charge in [0.15, 0.2) is 9.84 Å². The molecule has 2 aliphatic rings. The molecule has 0 bridgehead atoms. The molecule has 7 nitrogen and oxygen atoms in total. The van der Waals surface area contributed by atoms with Gasteiger partial charge in [-0.25, -0.2) is 8.42 Å². The predicted molar refractivity (Wildman–Crippen MR) is 82.2 cm³/mol. The standard InChI is InChI=1S/C15H20N2O5S/c1-10-2-3-12(22-10)8-17-13(4-5-14(17)18)15(19)16-11-6-7-23(20,21)9-11/h2-3,11,13H,4-9H2,1H3,(H,16,19). The number of likely N-dealkylation sites (tertiary alicyclic amines) is 1. The van der Waals surface area contributed by atoms with Crippen LogP contribution in [0.3, 0.4) is 0 Å². The van der Waals surface area contributed by atoms with Crippen LogP contribution in [0.4, 0.5) is 0 Å². The summed E-state index contributed by atoms with van der Waals surface area (Å²) in [6.45, 7) is 2.08. The number of furan rings is 1. The molecule has 2 unspecified atom stereocenters. The van der Waals surface area contributed by atoms with E-state index in [9.17, 15) is 18.0 Å². The van der Waals surface area contributed by atoms with Crippen molar-refractivity contribution in [1.29, 1.82) is 0 Å². The molecule has 0 radical (unpaired) electrons. The van der Waals surface area contributed by atoms with E-state index in [-0.39, 0.29) is 35.9 Å². The second kappa shape index (κ2) is 5.99. The highest BCUT2D eigenvalue weighted by molar-refractivity contribution is 7.91. The van der Waals surface area contributed by atoms with E-state index in [1.807, 2.05) is 13.0 Å². The topological polar surface area (TPSA) is 96.7 Å². The van der Waals surface area contributed by atoms with E-state index < -0.39 is 15.9 Å². The van der Waals surface area contributed by atoms with Gasteiger partial charge in [0.25, 0.3) is 0 Å². The Morgan fingerprint density at radius 3 is 2.78 bits per heavy atom. The van der Waals surface area contributed by atoms with Crippen LogP contribution < -0.4 is 5.32 Å². The first kappa shape index (κ1) is 16.0. The van der Waals surface area contributed by atoms with E-state index in [0.717, 1.165) is 5.76 Å². The van der Waals surface area contributed by atoms with Crippen molar-refractivity contribution in [2.24, 2.45) is 0 Å². The van der Waals surface area contributed by atoms with Crippen molar-refractivity contribution in [3.8, 4) is 0 Å². The van der Waals surface area contributed by atoms with Gasteiger partial charge >= 0.3 is 0 Å². The van der Waals surface area contributed by atoms with Crippen molar-refractivity contribution in [1.82, 2.24) is 10.2 Å². The van der Waals surface area contributed by atoms with Gasteiger partial charge in [0, 0.05) is 12.5 Å². The molecule has 2 atom stereocenters. The summed E-state index contributed by atoms with van der Waals surface area (Å²) in [5.74, 6) is 1.12. The van der Waals surface area contributed by atoms with Crippen LogP contribution in [0.1, 0.15) is 30.8 Å². The Labute approximate surface area is 134 Å². The lowest BCUT2D eigenvalue weighted by molar-refractivity contribution is -0.136.